The Bertz CT molecular complexity index is 1210. The van der Waals surface area contributed by atoms with Crippen LogP contribution < -0.4 is 20.7 Å². The van der Waals surface area contributed by atoms with E-state index in [4.69, 9.17) is 20.8 Å². The van der Waals surface area contributed by atoms with Crippen molar-refractivity contribution in [3.05, 3.63) is 53.1 Å². The fourth-order valence-corrected chi connectivity index (χ4v) is 3.66. The molecule has 1 amide bonds. The number of aliphatic carboxylic acids is 1. The smallest absolute Gasteiger partial charge is 0.326 e. The Morgan fingerprint density at radius 2 is 2.06 bits per heavy atom. The summed E-state index contributed by atoms with van der Waals surface area (Å²) in [7, 11) is 0. The molecule has 184 valence electrons. The van der Waals surface area contributed by atoms with Gasteiger partial charge in [0.1, 0.15) is 17.3 Å². The van der Waals surface area contributed by atoms with Crippen LogP contribution in [0, 0.1) is 0 Å². The van der Waals surface area contributed by atoms with Crippen LogP contribution in [0.2, 0.25) is 5.02 Å². The number of ether oxygens (including phenoxy) is 1. The highest BCUT2D eigenvalue weighted by atomic mass is 35.5. The lowest BCUT2D eigenvalue weighted by Gasteiger charge is -2.15. The first-order valence-corrected chi connectivity index (χ1v) is 11.7. The molecule has 2 aromatic carbocycles. The van der Waals surface area contributed by atoms with Crippen molar-refractivity contribution < 1.29 is 23.8 Å². The Morgan fingerprint density at radius 1 is 1.23 bits per heavy atom. The third-order valence-corrected chi connectivity index (χ3v) is 5.52. The minimum Gasteiger partial charge on any atom is -0.494 e. The van der Waals surface area contributed by atoms with Crippen molar-refractivity contribution >= 4 is 46.6 Å². The summed E-state index contributed by atoms with van der Waals surface area (Å²) in [5.74, 6) is 0.0418. The summed E-state index contributed by atoms with van der Waals surface area (Å²) in [6, 6.07) is 11.4. The van der Waals surface area contributed by atoms with Gasteiger partial charge in [-0.1, -0.05) is 23.7 Å². The number of hydrogen-bond donors (Lipinski definition) is 4. The molecule has 3 aromatic rings. The molecule has 1 aliphatic rings. The summed E-state index contributed by atoms with van der Waals surface area (Å²) >= 11 is 5.96. The van der Waals surface area contributed by atoms with Crippen LogP contribution in [-0.4, -0.2) is 53.7 Å². The average Bonchev–Trinajstić information content (AvgIpc) is 3.24. The van der Waals surface area contributed by atoms with Crippen LogP contribution in [0.25, 0.3) is 11.1 Å². The van der Waals surface area contributed by atoms with Crippen LogP contribution in [0.4, 0.5) is 6.01 Å². The number of aliphatic imine (C=N–C) groups is 1. The van der Waals surface area contributed by atoms with Gasteiger partial charge < -0.3 is 24.9 Å². The molecule has 0 saturated heterocycles. The van der Waals surface area contributed by atoms with Crippen LogP contribution in [0.5, 0.6) is 5.75 Å². The number of nitrogens with one attached hydrogen (secondary N) is 3. The van der Waals surface area contributed by atoms with E-state index in [9.17, 15) is 14.7 Å². The molecule has 35 heavy (non-hydrogen) atoms. The number of nitrogens with zero attached hydrogens (tertiary/aromatic N) is 2. The predicted octanol–water partition coefficient (Wildman–Crippen LogP) is 3.21. The van der Waals surface area contributed by atoms with Crippen LogP contribution in [-0.2, 0) is 16.0 Å². The number of aromatic nitrogens is 1. The number of hydrogen-bond acceptors (Lipinski definition) is 8. The zero-order valence-corrected chi connectivity index (χ0v) is 19.7. The minimum absolute atomic E-state index is 0.105. The second-order valence-electron chi connectivity index (χ2n) is 8.03. The Kier molecular flexibility index (Phi) is 8.04. The number of carboxylic acids is 1. The van der Waals surface area contributed by atoms with Crippen LogP contribution in [0.3, 0.4) is 0 Å². The molecule has 0 spiro atoms. The van der Waals surface area contributed by atoms with Crippen molar-refractivity contribution in [3.8, 4) is 5.75 Å². The number of carbonyl (C=O) groups excluding carboxylic acids is 1. The van der Waals surface area contributed by atoms with E-state index in [0.29, 0.717) is 47.3 Å². The Morgan fingerprint density at radius 3 is 2.80 bits per heavy atom. The standard InChI is InChI=1S/C24H26ClN5O5/c25-16-6-9-18-20(14-16)35-24(28-18)29-19(22(32)33)13-15-4-7-17(8-5-15)34-12-1-3-21(31)30-23-26-10-2-11-27-23/h4-9,14,19H,1-3,10-13H2,(H,28,29)(H,32,33)(H2,26,27,30,31)/t19-/m0/s1. The lowest BCUT2D eigenvalue weighted by molar-refractivity contribution is -0.138. The highest BCUT2D eigenvalue weighted by Crippen LogP contribution is 2.23. The average molecular weight is 500 g/mol. The maximum atomic E-state index is 12.0. The van der Waals surface area contributed by atoms with E-state index in [2.05, 4.69) is 25.9 Å². The van der Waals surface area contributed by atoms with E-state index in [-0.39, 0.29) is 18.3 Å². The number of halogens is 1. The van der Waals surface area contributed by atoms with E-state index in [1.807, 2.05) is 0 Å². The summed E-state index contributed by atoms with van der Waals surface area (Å²) in [6.45, 7) is 1.92. The fraction of sp³-hybridized carbons (Fsp3) is 0.333. The maximum absolute atomic E-state index is 12.0. The molecule has 0 fully saturated rings. The molecular formula is C24H26ClN5O5. The normalized spacial score (nSPS) is 14.0. The highest BCUT2D eigenvalue weighted by Gasteiger charge is 2.20. The Labute approximate surface area is 206 Å². The SMILES string of the molecule is O=C(CCCOc1ccc(C[C@H](Nc2nc3ccc(Cl)cc3o2)C(=O)O)cc1)NC1=NCCCN1. The Balaban J connectivity index is 1.24. The third kappa shape index (κ3) is 7.10. The molecule has 2 heterocycles. The van der Waals surface area contributed by atoms with Crippen molar-refractivity contribution in [1.29, 1.82) is 0 Å². The first-order chi connectivity index (χ1) is 17.0. The molecule has 10 nitrogen and oxygen atoms in total. The molecule has 0 aliphatic carbocycles. The van der Waals surface area contributed by atoms with E-state index >= 15 is 0 Å². The van der Waals surface area contributed by atoms with Gasteiger partial charge in [-0.05, 0) is 42.7 Å². The predicted molar refractivity (Wildman–Crippen MR) is 132 cm³/mol. The van der Waals surface area contributed by atoms with E-state index in [0.717, 1.165) is 25.1 Å². The highest BCUT2D eigenvalue weighted by molar-refractivity contribution is 6.31. The van der Waals surface area contributed by atoms with Gasteiger partial charge in [0.25, 0.3) is 6.01 Å². The van der Waals surface area contributed by atoms with Crippen molar-refractivity contribution in [2.45, 2.75) is 31.7 Å². The van der Waals surface area contributed by atoms with Crippen LogP contribution in [0.15, 0.2) is 51.9 Å². The minimum atomic E-state index is -1.03. The van der Waals surface area contributed by atoms with Crippen molar-refractivity contribution in [1.82, 2.24) is 15.6 Å². The lowest BCUT2D eigenvalue weighted by atomic mass is 10.1. The summed E-state index contributed by atoms with van der Waals surface area (Å²) in [5.41, 5.74) is 1.86. The number of guanidine groups is 1. The first-order valence-electron chi connectivity index (χ1n) is 11.3. The summed E-state index contributed by atoms with van der Waals surface area (Å²) < 4.78 is 11.3. The van der Waals surface area contributed by atoms with Gasteiger partial charge in [0.05, 0.1) is 6.61 Å². The van der Waals surface area contributed by atoms with Gasteiger partial charge in [0, 0.05) is 37.0 Å². The van der Waals surface area contributed by atoms with Crippen molar-refractivity contribution in [2.75, 3.05) is 25.0 Å². The van der Waals surface area contributed by atoms with Gasteiger partial charge in [-0.2, -0.15) is 4.98 Å². The number of oxazole rings is 1. The number of carboxylic acid groups (broad SMARTS) is 1. The molecule has 11 heteroatoms. The number of anilines is 1. The Hall–Kier alpha value is -3.79. The summed E-state index contributed by atoms with van der Waals surface area (Å²) in [5, 5.41) is 18.8. The number of fused-ring (bicyclic) bond motifs is 1. The number of amides is 1. The van der Waals surface area contributed by atoms with Gasteiger partial charge in [0.15, 0.2) is 11.5 Å². The summed E-state index contributed by atoms with van der Waals surface area (Å²) in [6.07, 6.45) is 2.06. The third-order valence-electron chi connectivity index (χ3n) is 5.28. The largest absolute Gasteiger partial charge is 0.494 e. The molecular weight excluding hydrogens is 474 g/mol. The molecule has 1 aromatic heterocycles. The second kappa shape index (κ2) is 11.6. The topological polar surface area (TPSA) is 138 Å². The lowest BCUT2D eigenvalue weighted by Crippen LogP contribution is -2.43. The van der Waals surface area contributed by atoms with E-state index in [1.165, 1.54) is 0 Å². The summed E-state index contributed by atoms with van der Waals surface area (Å²) in [4.78, 5) is 32.2. The molecule has 1 atom stereocenters. The zero-order chi connectivity index (χ0) is 24.6. The molecule has 0 unspecified atom stereocenters. The van der Waals surface area contributed by atoms with Crippen molar-refractivity contribution in [3.63, 3.8) is 0 Å². The van der Waals surface area contributed by atoms with Gasteiger partial charge in [0.2, 0.25) is 5.91 Å². The van der Waals surface area contributed by atoms with Crippen LogP contribution in [0.1, 0.15) is 24.8 Å². The fourth-order valence-electron chi connectivity index (χ4n) is 3.50. The monoisotopic (exact) mass is 499 g/mol. The molecule has 0 bridgehead atoms. The van der Waals surface area contributed by atoms with Crippen LogP contribution >= 0.6 is 11.6 Å². The molecule has 4 rings (SSSR count). The quantitative estimate of drug-likeness (QED) is 0.312. The molecule has 1 aliphatic heterocycles. The second-order valence-corrected chi connectivity index (χ2v) is 8.46. The van der Waals surface area contributed by atoms with E-state index < -0.39 is 12.0 Å². The maximum Gasteiger partial charge on any atom is 0.326 e. The number of rotatable bonds is 10. The van der Waals surface area contributed by atoms with Gasteiger partial charge in [-0.15, -0.1) is 0 Å². The zero-order valence-electron chi connectivity index (χ0n) is 18.9. The molecule has 0 saturated carbocycles. The van der Waals surface area contributed by atoms with E-state index in [1.54, 1.807) is 42.5 Å². The number of benzene rings is 2. The first kappa shape index (κ1) is 24.3. The van der Waals surface area contributed by atoms with Gasteiger partial charge in [-0.3, -0.25) is 15.1 Å². The number of carbonyl (C=O) groups is 2. The molecule has 0 radical (unpaired) electrons. The van der Waals surface area contributed by atoms with Gasteiger partial charge >= 0.3 is 5.97 Å². The van der Waals surface area contributed by atoms with Crippen molar-refractivity contribution in [2.24, 2.45) is 4.99 Å². The molecule has 4 N–H and O–H groups in total. The van der Waals surface area contributed by atoms with Gasteiger partial charge in [-0.25, -0.2) is 4.79 Å².